The molecule has 9 nitrogen and oxygen atoms in total. The number of nitrogens with one attached hydrogen (secondary N) is 1. The van der Waals surface area contributed by atoms with Gasteiger partial charge in [-0.1, -0.05) is 35.2 Å². The quantitative estimate of drug-likeness (QED) is 0.414. The summed E-state index contributed by atoms with van der Waals surface area (Å²) >= 11 is 2.34. The first kappa shape index (κ1) is 21.8. The average Bonchev–Trinajstić information content (AvgIpc) is 3.28. The van der Waals surface area contributed by atoms with Crippen molar-refractivity contribution in [2.75, 3.05) is 24.8 Å². The third-order valence-corrected chi connectivity index (χ3v) is 6.09. The van der Waals surface area contributed by atoms with Crippen LogP contribution in [0, 0.1) is 6.92 Å². The summed E-state index contributed by atoms with van der Waals surface area (Å²) in [5, 5.41) is 12.1. The number of anilines is 1. The van der Waals surface area contributed by atoms with Crippen LogP contribution in [0.25, 0.3) is 11.4 Å². The summed E-state index contributed by atoms with van der Waals surface area (Å²) in [4.78, 5) is 28.8. The van der Waals surface area contributed by atoms with E-state index in [-0.39, 0.29) is 18.3 Å². The zero-order valence-electron chi connectivity index (χ0n) is 17.0. The maximum Gasteiger partial charge on any atom is 0.350 e. The first-order chi connectivity index (χ1) is 14.4. The number of benzene rings is 1. The third kappa shape index (κ3) is 4.79. The van der Waals surface area contributed by atoms with E-state index in [1.807, 2.05) is 35.9 Å². The molecule has 0 unspecified atom stereocenters. The van der Waals surface area contributed by atoms with Crippen molar-refractivity contribution in [3.8, 4) is 17.1 Å². The molecule has 0 saturated heterocycles. The SMILES string of the molecule is CCOC(=O)c1sc(NC(=O)CSc2nnc(-c3ccccc3OC)n2C)nc1C. The van der Waals surface area contributed by atoms with E-state index in [4.69, 9.17) is 9.47 Å². The summed E-state index contributed by atoms with van der Waals surface area (Å²) in [5.74, 6) is 0.755. The Morgan fingerprint density at radius 3 is 2.77 bits per heavy atom. The predicted molar refractivity (Wildman–Crippen MR) is 115 cm³/mol. The van der Waals surface area contributed by atoms with E-state index < -0.39 is 5.97 Å². The third-order valence-electron chi connectivity index (χ3n) is 4.02. The molecule has 0 radical (unpaired) electrons. The number of hydrogen-bond acceptors (Lipinski definition) is 9. The van der Waals surface area contributed by atoms with E-state index >= 15 is 0 Å². The number of thioether (sulfide) groups is 1. The van der Waals surface area contributed by atoms with E-state index in [0.717, 1.165) is 16.9 Å². The molecular weight excluding hydrogens is 426 g/mol. The van der Waals surface area contributed by atoms with Gasteiger partial charge < -0.3 is 19.4 Å². The zero-order chi connectivity index (χ0) is 21.7. The zero-order valence-corrected chi connectivity index (χ0v) is 18.6. The number of aromatic nitrogens is 4. The monoisotopic (exact) mass is 447 g/mol. The molecule has 1 amide bonds. The molecule has 11 heteroatoms. The topological polar surface area (TPSA) is 108 Å². The molecule has 1 N–H and O–H groups in total. The van der Waals surface area contributed by atoms with Gasteiger partial charge in [-0.25, -0.2) is 9.78 Å². The Morgan fingerprint density at radius 2 is 2.03 bits per heavy atom. The number of ether oxygens (including phenoxy) is 2. The number of carbonyl (C=O) groups excluding carboxylic acids is 2. The Morgan fingerprint density at radius 1 is 1.27 bits per heavy atom. The summed E-state index contributed by atoms with van der Waals surface area (Å²) in [6.45, 7) is 3.72. The Labute approximate surface area is 181 Å². The lowest BCUT2D eigenvalue weighted by Crippen LogP contribution is -2.14. The summed E-state index contributed by atoms with van der Waals surface area (Å²) in [6, 6.07) is 7.53. The van der Waals surface area contributed by atoms with Gasteiger partial charge >= 0.3 is 5.97 Å². The molecule has 3 aromatic rings. The van der Waals surface area contributed by atoms with Crippen LogP contribution in [-0.2, 0) is 16.6 Å². The summed E-state index contributed by atoms with van der Waals surface area (Å²) in [5.41, 5.74) is 1.34. The minimum Gasteiger partial charge on any atom is -0.496 e. The minimum absolute atomic E-state index is 0.116. The van der Waals surface area contributed by atoms with Crippen LogP contribution in [-0.4, -0.2) is 51.1 Å². The molecular formula is C19H21N5O4S2. The maximum atomic E-state index is 12.3. The lowest BCUT2D eigenvalue weighted by Gasteiger charge is -2.08. The van der Waals surface area contributed by atoms with Crippen molar-refractivity contribution in [1.29, 1.82) is 0 Å². The molecule has 2 heterocycles. The minimum atomic E-state index is -0.440. The number of rotatable bonds is 8. The molecule has 0 atom stereocenters. The summed E-state index contributed by atoms with van der Waals surface area (Å²) < 4.78 is 12.2. The number of nitrogens with zero attached hydrogens (tertiary/aromatic N) is 4. The number of aryl methyl sites for hydroxylation is 1. The highest BCUT2D eigenvalue weighted by Gasteiger charge is 2.19. The Kier molecular flexibility index (Phi) is 7.06. The highest BCUT2D eigenvalue weighted by molar-refractivity contribution is 7.99. The lowest BCUT2D eigenvalue weighted by molar-refractivity contribution is -0.113. The van der Waals surface area contributed by atoms with Crippen molar-refractivity contribution < 1.29 is 19.1 Å². The molecule has 30 heavy (non-hydrogen) atoms. The smallest absolute Gasteiger partial charge is 0.350 e. The van der Waals surface area contributed by atoms with Crippen LogP contribution in [0.15, 0.2) is 29.4 Å². The van der Waals surface area contributed by atoms with Gasteiger partial charge in [0.25, 0.3) is 0 Å². The van der Waals surface area contributed by atoms with Crippen LogP contribution in [0.2, 0.25) is 0 Å². The van der Waals surface area contributed by atoms with Crippen LogP contribution in [0.3, 0.4) is 0 Å². The van der Waals surface area contributed by atoms with E-state index in [1.54, 1.807) is 21.0 Å². The number of amides is 1. The highest BCUT2D eigenvalue weighted by atomic mass is 32.2. The van der Waals surface area contributed by atoms with E-state index in [9.17, 15) is 9.59 Å². The van der Waals surface area contributed by atoms with Crippen molar-refractivity contribution in [3.05, 3.63) is 34.8 Å². The van der Waals surface area contributed by atoms with Crippen molar-refractivity contribution in [1.82, 2.24) is 19.7 Å². The van der Waals surface area contributed by atoms with E-state index in [0.29, 0.717) is 32.4 Å². The predicted octanol–water partition coefficient (Wildman–Crippen LogP) is 3.16. The fraction of sp³-hybridized carbons (Fsp3) is 0.316. The van der Waals surface area contributed by atoms with Gasteiger partial charge in [-0.2, -0.15) is 0 Å². The number of carbonyl (C=O) groups is 2. The highest BCUT2D eigenvalue weighted by Crippen LogP contribution is 2.30. The fourth-order valence-corrected chi connectivity index (χ4v) is 4.21. The largest absolute Gasteiger partial charge is 0.496 e. The molecule has 0 bridgehead atoms. The maximum absolute atomic E-state index is 12.3. The van der Waals surface area contributed by atoms with Crippen molar-refractivity contribution >= 4 is 40.1 Å². The Balaban J connectivity index is 1.64. The number of thiazole rings is 1. The number of hydrogen-bond donors (Lipinski definition) is 1. The second-order valence-electron chi connectivity index (χ2n) is 6.06. The molecule has 0 fully saturated rings. The van der Waals surface area contributed by atoms with Crippen molar-refractivity contribution in [3.63, 3.8) is 0 Å². The molecule has 0 aliphatic rings. The Bertz CT molecular complexity index is 1060. The number of methoxy groups -OCH3 is 1. The van der Waals surface area contributed by atoms with Gasteiger partial charge in [0.05, 0.1) is 30.7 Å². The van der Waals surface area contributed by atoms with Gasteiger partial charge in [-0.05, 0) is 26.0 Å². The molecule has 158 valence electrons. The van der Waals surface area contributed by atoms with Crippen LogP contribution >= 0.6 is 23.1 Å². The number of para-hydroxylation sites is 1. The Hall–Kier alpha value is -2.92. The molecule has 0 saturated carbocycles. The van der Waals surface area contributed by atoms with Gasteiger partial charge in [0.1, 0.15) is 10.6 Å². The van der Waals surface area contributed by atoms with Gasteiger partial charge in [0.2, 0.25) is 5.91 Å². The van der Waals surface area contributed by atoms with Crippen LogP contribution in [0.1, 0.15) is 22.3 Å². The molecule has 0 spiro atoms. The molecule has 0 aliphatic carbocycles. The summed E-state index contributed by atoms with van der Waals surface area (Å²) in [6.07, 6.45) is 0. The summed E-state index contributed by atoms with van der Waals surface area (Å²) in [7, 11) is 3.43. The van der Waals surface area contributed by atoms with Crippen LogP contribution in [0.5, 0.6) is 5.75 Å². The van der Waals surface area contributed by atoms with Gasteiger partial charge in [-0.3, -0.25) is 4.79 Å². The van der Waals surface area contributed by atoms with Crippen LogP contribution < -0.4 is 10.1 Å². The average molecular weight is 448 g/mol. The standard InChI is InChI=1S/C19H21N5O4S2/c1-5-28-17(26)15-11(2)20-18(30-15)21-14(25)10-29-19-23-22-16(24(19)3)12-8-6-7-9-13(12)27-4/h6-9H,5,10H2,1-4H3,(H,20,21,25). The first-order valence-electron chi connectivity index (χ1n) is 9.04. The normalized spacial score (nSPS) is 10.7. The fourth-order valence-electron chi connectivity index (χ4n) is 2.63. The molecule has 1 aromatic carbocycles. The van der Waals surface area contributed by atoms with Crippen molar-refractivity contribution in [2.45, 2.75) is 19.0 Å². The van der Waals surface area contributed by atoms with Gasteiger partial charge in [0, 0.05) is 7.05 Å². The molecule has 2 aromatic heterocycles. The van der Waals surface area contributed by atoms with Gasteiger partial charge in [0.15, 0.2) is 16.1 Å². The second-order valence-corrected chi connectivity index (χ2v) is 8.00. The molecule has 3 rings (SSSR count). The van der Waals surface area contributed by atoms with Gasteiger partial charge in [-0.15, -0.1) is 10.2 Å². The lowest BCUT2D eigenvalue weighted by atomic mass is 10.2. The van der Waals surface area contributed by atoms with Crippen molar-refractivity contribution in [2.24, 2.45) is 7.05 Å². The number of esters is 1. The first-order valence-corrected chi connectivity index (χ1v) is 10.8. The second kappa shape index (κ2) is 9.72. The molecule has 0 aliphatic heterocycles. The van der Waals surface area contributed by atoms with Crippen LogP contribution in [0.4, 0.5) is 5.13 Å². The van der Waals surface area contributed by atoms with E-state index in [1.165, 1.54) is 11.8 Å². The van der Waals surface area contributed by atoms with E-state index in [2.05, 4.69) is 20.5 Å².